The Kier molecular flexibility index (Phi) is 4.85. The minimum atomic E-state index is -0.577. The van der Waals surface area contributed by atoms with Crippen molar-refractivity contribution in [3.8, 4) is 5.75 Å². The number of hydrogen-bond acceptors (Lipinski definition) is 3. The molecule has 0 amide bonds. The molecule has 3 nitrogen and oxygen atoms in total. The molecule has 0 aliphatic carbocycles. The van der Waals surface area contributed by atoms with Crippen molar-refractivity contribution in [3.63, 3.8) is 0 Å². The fourth-order valence-electron chi connectivity index (χ4n) is 2.22. The molecule has 0 saturated carbocycles. The molecule has 0 radical (unpaired) electrons. The maximum atomic E-state index is 14.1. The maximum absolute atomic E-state index is 14.1. The van der Waals surface area contributed by atoms with Crippen LogP contribution in [0, 0.1) is 18.6 Å². The second-order valence-electron chi connectivity index (χ2n) is 4.77. The predicted octanol–water partition coefficient (Wildman–Crippen LogP) is 3.38. The first-order valence-electron chi connectivity index (χ1n) is 6.74. The molecule has 0 aliphatic heterocycles. The number of ether oxygens (including phenoxy) is 1. The second kappa shape index (κ2) is 6.63. The number of aromatic nitrogens is 1. The van der Waals surface area contributed by atoms with E-state index < -0.39 is 17.7 Å². The van der Waals surface area contributed by atoms with E-state index in [-0.39, 0.29) is 0 Å². The van der Waals surface area contributed by atoms with Crippen LogP contribution in [0.1, 0.15) is 29.7 Å². The molecule has 1 atom stereocenters. The van der Waals surface area contributed by atoms with Gasteiger partial charge in [-0.15, -0.1) is 0 Å². The third-order valence-electron chi connectivity index (χ3n) is 3.30. The smallest absolute Gasteiger partial charge is 0.137 e. The predicted molar refractivity (Wildman–Crippen MR) is 77.4 cm³/mol. The summed E-state index contributed by atoms with van der Waals surface area (Å²) in [5, 5.41) is 3.20. The van der Waals surface area contributed by atoms with Crippen molar-refractivity contribution in [1.82, 2.24) is 10.3 Å². The van der Waals surface area contributed by atoms with Gasteiger partial charge in [-0.25, -0.2) is 8.78 Å². The molecule has 0 fully saturated rings. The second-order valence-corrected chi connectivity index (χ2v) is 4.77. The van der Waals surface area contributed by atoms with Gasteiger partial charge in [0.2, 0.25) is 0 Å². The highest BCUT2D eigenvalue weighted by molar-refractivity contribution is 5.37. The number of halogens is 2. The highest BCUT2D eigenvalue weighted by atomic mass is 19.1. The summed E-state index contributed by atoms with van der Waals surface area (Å²) in [5.74, 6) is -0.531. The van der Waals surface area contributed by atoms with Gasteiger partial charge in [-0.1, -0.05) is 6.92 Å². The average Bonchev–Trinajstić information content (AvgIpc) is 2.49. The van der Waals surface area contributed by atoms with Crippen LogP contribution in [0.3, 0.4) is 0 Å². The first-order chi connectivity index (χ1) is 10.1. The van der Waals surface area contributed by atoms with Gasteiger partial charge < -0.3 is 10.1 Å². The molecule has 0 bridgehead atoms. The summed E-state index contributed by atoms with van der Waals surface area (Å²) in [4.78, 5) is 4.09. The van der Waals surface area contributed by atoms with Gasteiger partial charge in [0.1, 0.15) is 17.4 Å². The zero-order valence-electron chi connectivity index (χ0n) is 12.3. The van der Waals surface area contributed by atoms with E-state index in [1.807, 2.05) is 6.92 Å². The van der Waals surface area contributed by atoms with Crippen LogP contribution in [0.25, 0.3) is 0 Å². The lowest BCUT2D eigenvalue weighted by molar-refractivity contribution is 0.411. The Hall–Kier alpha value is -2.01. The van der Waals surface area contributed by atoms with Gasteiger partial charge in [-0.2, -0.15) is 0 Å². The molecule has 21 heavy (non-hydrogen) atoms. The first-order valence-corrected chi connectivity index (χ1v) is 6.74. The van der Waals surface area contributed by atoms with E-state index in [2.05, 4.69) is 10.3 Å². The van der Waals surface area contributed by atoms with Gasteiger partial charge in [0, 0.05) is 17.8 Å². The molecule has 1 unspecified atom stereocenters. The van der Waals surface area contributed by atoms with Crippen molar-refractivity contribution < 1.29 is 13.5 Å². The highest BCUT2D eigenvalue weighted by Gasteiger charge is 2.19. The van der Waals surface area contributed by atoms with Crippen LogP contribution in [0.4, 0.5) is 8.78 Å². The summed E-state index contributed by atoms with van der Waals surface area (Å²) < 4.78 is 32.7. The van der Waals surface area contributed by atoms with Crippen molar-refractivity contribution in [1.29, 1.82) is 0 Å². The first kappa shape index (κ1) is 15.4. The standard InChI is InChI=1S/C16H18F2N2O/c1-4-20-16(11-6-12(21-3)9-19-8-11)13-5-10(2)14(17)7-15(13)18/h5-9,16,20H,4H2,1-3H3. The quantitative estimate of drug-likeness (QED) is 0.917. The number of aryl methyl sites for hydroxylation is 1. The molecule has 2 aromatic rings. The summed E-state index contributed by atoms with van der Waals surface area (Å²) in [6, 6.07) is 3.83. The molecule has 0 aliphatic rings. The van der Waals surface area contributed by atoms with Gasteiger partial charge in [0.05, 0.1) is 19.3 Å². The summed E-state index contributed by atoms with van der Waals surface area (Å²) in [7, 11) is 1.55. The molecule has 1 aromatic carbocycles. The number of nitrogens with zero attached hydrogens (tertiary/aromatic N) is 1. The fraction of sp³-hybridized carbons (Fsp3) is 0.312. The lowest BCUT2D eigenvalue weighted by atomic mass is 9.97. The number of hydrogen-bond donors (Lipinski definition) is 1. The van der Waals surface area contributed by atoms with Gasteiger partial charge in [-0.05, 0) is 36.7 Å². The lowest BCUT2D eigenvalue weighted by Gasteiger charge is -2.20. The van der Waals surface area contributed by atoms with Crippen LogP contribution in [-0.4, -0.2) is 18.6 Å². The van der Waals surface area contributed by atoms with Crippen molar-refractivity contribution in [2.45, 2.75) is 19.9 Å². The van der Waals surface area contributed by atoms with E-state index in [0.717, 1.165) is 11.6 Å². The summed E-state index contributed by atoms with van der Waals surface area (Å²) in [6.45, 7) is 4.18. The van der Waals surface area contributed by atoms with E-state index in [4.69, 9.17) is 4.74 Å². The van der Waals surface area contributed by atoms with Crippen LogP contribution in [0.15, 0.2) is 30.6 Å². The van der Waals surface area contributed by atoms with E-state index in [9.17, 15) is 8.78 Å². The molecule has 2 rings (SSSR count). The van der Waals surface area contributed by atoms with Gasteiger partial charge in [-0.3, -0.25) is 4.98 Å². The van der Waals surface area contributed by atoms with Gasteiger partial charge >= 0.3 is 0 Å². The van der Waals surface area contributed by atoms with Crippen LogP contribution < -0.4 is 10.1 Å². The van der Waals surface area contributed by atoms with Crippen LogP contribution >= 0.6 is 0 Å². The minimum absolute atomic E-state index is 0.394. The molecular formula is C16H18F2N2O. The number of methoxy groups -OCH3 is 1. The van der Waals surface area contributed by atoms with Crippen molar-refractivity contribution in [3.05, 3.63) is 58.9 Å². The van der Waals surface area contributed by atoms with Crippen molar-refractivity contribution in [2.24, 2.45) is 0 Å². The minimum Gasteiger partial charge on any atom is -0.495 e. The Bertz CT molecular complexity index is 632. The maximum Gasteiger partial charge on any atom is 0.137 e. The summed E-state index contributed by atoms with van der Waals surface area (Å²) >= 11 is 0. The van der Waals surface area contributed by atoms with Gasteiger partial charge in [0.15, 0.2) is 0 Å². The molecule has 1 N–H and O–H groups in total. The summed E-state index contributed by atoms with van der Waals surface area (Å²) in [6.07, 6.45) is 3.23. The molecule has 112 valence electrons. The zero-order valence-corrected chi connectivity index (χ0v) is 12.3. The summed E-state index contributed by atoms with van der Waals surface area (Å²) in [5.41, 5.74) is 1.57. The topological polar surface area (TPSA) is 34.2 Å². The van der Waals surface area contributed by atoms with Crippen molar-refractivity contribution in [2.75, 3.05) is 13.7 Å². The molecule has 0 saturated heterocycles. The Morgan fingerprint density at radius 2 is 1.95 bits per heavy atom. The van der Waals surface area contributed by atoms with E-state index in [1.54, 1.807) is 32.5 Å². The molecule has 5 heteroatoms. The van der Waals surface area contributed by atoms with E-state index in [0.29, 0.717) is 23.4 Å². The zero-order chi connectivity index (χ0) is 15.4. The largest absolute Gasteiger partial charge is 0.495 e. The highest BCUT2D eigenvalue weighted by Crippen LogP contribution is 2.28. The lowest BCUT2D eigenvalue weighted by Crippen LogP contribution is -2.23. The van der Waals surface area contributed by atoms with Crippen molar-refractivity contribution >= 4 is 0 Å². The molecule has 0 spiro atoms. The Morgan fingerprint density at radius 1 is 1.19 bits per heavy atom. The fourth-order valence-corrected chi connectivity index (χ4v) is 2.22. The molecular weight excluding hydrogens is 274 g/mol. The van der Waals surface area contributed by atoms with Gasteiger partial charge in [0.25, 0.3) is 0 Å². The van der Waals surface area contributed by atoms with E-state index >= 15 is 0 Å². The van der Waals surface area contributed by atoms with E-state index in [1.165, 1.54) is 6.07 Å². The molecule has 1 aromatic heterocycles. The SMILES string of the molecule is CCNC(c1cncc(OC)c1)c1cc(C)c(F)cc1F. The van der Waals surface area contributed by atoms with Crippen LogP contribution in [0.2, 0.25) is 0 Å². The Balaban J connectivity index is 2.50. The third-order valence-corrected chi connectivity index (χ3v) is 3.30. The van der Waals surface area contributed by atoms with Crippen LogP contribution in [0.5, 0.6) is 5.75 Å². The average molecular weight is 292 g/mol. The number of pyridine rings is 1. The molecule has 1 heterocycles. The van der Waals surface area contributed by atoms with Crippen LogP contribution in [-0.2, 0) is 0 Å². The normalized spacial score (nSPS) is 12.2. The number of benzene rings is 1. The Morgan fingerprint density at radius 3 is 2.62 bits per heavy atom. The number of nitrogens with one attached hydrogen (secondary N) is 1. The number of rotatable bonds is 5. The monoisotopic (exact) mass is 292 g/mol. The Labute approximate surface area is 123 Å². The third kappa shape index (κ3) is 3.36.